The minimum atomic E-state index is -0.686. The van der Waals surface area contributed by atoms with Crippen molar-refractivity contribution in [1.82, 2.24) is 4.98 Å². The first-order valence-corrected chi connectivity index (χ1v) is 6.53. The Morgan fingerprint density at radius 1 is 1.22 bits per heavy atom. The van der Waals surface area contributed by atoms with Gasteiger partial charge in [0.25, 0.3) is 5.91 Å². The van der Waals surface area contributed by atoms with Crippen LogP contribution < -0.4 is 5.32 Å². The maximum absolute atomic E-state index is 12.9. The van der Waals surface area contributed by atoms with Crippen molar-refractivity contribution in [3.63, 3.8) is 0 Å². The van der Waals surface area contributed by atoms with Crippen molar-refractivity contribution in [3.8, 4) is 0 Å². The third-order valence-corrected chi connectivity index (χ3v) is 3.51. The van der Waals surface area contributed by atoms with Crippen LogP contribution in [0.5, 0.6) is 0 Å². The first kappa shape index (κ1) is 13.2. The molecule has 0 saturated carbocycles. The number of nitrogens with zero attached hydrogens (tertiary/aromatic N) is 1. The van der Waals surface area contributed by atoms with Gasteiger partial charge in [-0.05, 0) is 50.1 Å². The zero-order valence-corrected chi connectivity index (χ0v) is 12.1. The highest BCUT2D eigenvalue weighted by Gasteiger charge is 2.11. The topological polar surface area (TPSA) is 42.0 Å². The molecule has 2 rings (SSSR count). The molecular formula is C12H7Br2FN2O. The van der Waals surface area contributed by atoms with Gasteiger partial charge in [0.15, 0.2) is 0 Å². The summed E-state index contributed by atoms with van der Waals surface area (Å²) in [5.74, 6) is -1.09. The normalized spacial score (nSPS) is 10.2. The minimum absolute atomic E-state index is 0.213. The van der Waals surface area contributed by atoms with Crippen LogP contribution in [0, 0.1) is 5.95 Å². The number of rotatable bonds is 2. The van der Waals surface area contributed by atoms with Crippen LogP contribution in [0.4, 0.5) is 10.1 Å². The Labute approximate surface area is 120 Å². The predicted molar refractivity (Wildman–Crippen MR) is 74.0 cm³/mol. The van der Waals surface area contributed by atoms with Crippen LogP contribution in [0.25, 0.3) is 0 Å². The van der Waals surface area contributed by atoms with Crippen LogP contribution in [0.1, 0.15) is 10.4 Å². The highest BCUT2D eigenvalue weighted by Crippen LogP contribution is 2.30. The van der Waals surface area contributed by atoms with E-state index in [9.17, 15) is 9.18 Å². The molecule has 0 saturated heterocycles. The summed E-state index contributed by atoms with van der Waals surface area (Å²) in [6, 6.07) is 7.96. The smallest absolute Gasteiger partial charge is 0.255 e. The zero-order valence-electron chi connectivity index (χ0n) is 8.95. The second-order valence-corrected chi connectivity index (χ2v) is 5.13. The Hall–Kier alpha value is -1.27. The molecule has 1 heterocycles. The van der Waals surface area contributed by atoms with Gasteiger partial charge in [-0.15, -0.1) is 0 Å². The summed E-state index contributed by atoms with van der Waals surface area (Å²) < 4.78 is 14.4. The predicted octanol–water partition coefficient (Wildman–Crippen LogP) is 4.00. The van der Waals surface area contributed by atoms with E-state index in [0.717, 1.165) is 15.0 Å². The minimum Gasteiger partial charge on any atom is -0.320 e. The summed E-state index contributed by atoms with van der Waals surface area (Å²) in [5.41, 5.74) is 0.810. The summed E-state index contributed by atoms with van der Waals surface area (Å²) in [7, 11) is 0. The van der Waals surface area contributed by atoms with Gasteiger partial charge in [0.2, 0.25) is 5.95 Å². The summed E-state index contributed by atoms with van der Waals surface area (Å²) in [5, 5.41) is 2.69. The van der Waals surface area contributed by atoms with Crippen molar-refractivity contribution >= 4 is 43.5 Å². The lowest BCUT2D eigenvalue weighted by molar-refractivity contribution is 0.102. The molecule has 1 aromatic heterocycles. The molecule has 0 aliphatic rings. The second-order valence-electron chi connectivity index (χ2n) is 3.42. The van der Waals surface area contributed by atoms with E-state index in [1.54, 1.807) is 12.1 Å². The fourth-order valence-electron chi connectivity index (χ4n) is 1.35. The van der Waals surface area contributed by atoms with E-state index in [-0.39, 0.29) is 5.56 Å². The lowest BCUT2D eigenvalue weighted by atomic mass is 10.2. The maximum atomic E-state index is 12.9. The number of hydrogen-bond donors (Lipinski definition) is 1. The number of nitrogens with one attached hydrogen (secondary N) is 1. The van der Waals surface area contributed by atoms with Gasteiger partial charge in [-0.2, -0.15) is 4.39 Å². The Kier molecular flexibility index (Phi) is 4.08. The third kappa shape index (κ3) is 2.94. The molecule has 0 atom stereocenters. The lowest BCUT2D eigenvalue weighted by Gasteiger charge is -2.09. The van der Waals surface area contributed by atoms with Crippen molar-refractivity contribution < 1.29 is 9.18 Å². The van der Waals surface area contributed by atoms with E-state index in [0.29, 0.717) is 5.69 Å². The third-order valence-electron chi connectivity index (χ3n) is 2.19. The molecule has 0 spiro atoms. The van der Waals surface area contributed by atoms with Crippen molar-refractivity contribution in [1.29, 1.82) is 0 Å². The molecule has 0 radical (unpaired) electrons. The second kappa shape index (κ2) is 5.58. The number of para-hydroxylation sites is 1. The molecular weight excluding hydrogens is 367 g/mol. The average molecular weight is 374 g/mol. The van der Waals surface area contributed by atoms with E-state index < -0.39 is 11.9 Å². The molecule has 1 aromatic carbocycles. The molecule has 0 aliphatic carbocycles. The number of hydrogen-bond acceptors (Lipinski definition) is 2. The molecule has 2 aromatic rings. The van der Waals surface area contributed by atoms with E-state index in [1.165, 1.54) is 12.3 Å². The van der Waals surface area contributed by atoms with Crippen LogP contribution >= 0.6 is 31.9 Å². The van der Waals surface area contributed by atoms with Crippen molar-refractivity contribution in [2.75, 3.05) is 5.32 Å². The van der Waals surface area contributed by atoms with Crippen molar-refractivity contribution in [3.05, 3.63) is 57.0 Å². The highest BCUT2D eigenvalue weighted by atomic mass is 79.9. The first-order valence-electron chi connectivity index (χ1n) is 4.95. The summed E-state index contributed by atoms with van der Waals surface area (Å²) >= 11 is 6.66. The average Bonchev–Trinajstić information content (AvgIpc) is 2.34. The van der Waals surface area contributed by atoms with E-state index in [1.807, 2.05) is 6.07 Å². The number of benzene rings is 1. The molecule has 0 fully saturated rings. The van der Waals surface area contributed by atoms with Crippen molar-refractivity contribution in [2.24, 2.45) is 0 Å². The first-order chi connectivity index (χ1) is 8.58. The van der Waals surface area contributed by atoms with Crippen LogP contribution in [0.3, 0.4) is 0 Å². The summed E-state index contributed by atoms with van der Waals surface area (Å²) in [6.45, 7) is 0. The molecule has 0 bridgehead atoms. The standard InChI is InChI=1S/C12H7Br2FN2O/c13-8-2-1-3-9(14)11(8)17-12(18)7-4-5-16-10(15)6-7/h1-6H,(H,17,18). The Morgan fingerprint density at radius 3 is 2.50 bits per heavy atom. The van der Waals surface area contributed by atoms with E-state index >= 15 is 0 Å². The van der Waals surface area contributed by atoms with E-state index in [4.69, 9.17) is 0 Å². The Bertz CT molecular complexity index is 584. The SMILES string of the molecule is O=C(Nc1c(Br)cccc1Br)c1ccnc(F)c1. The van der Waals surface area contributed by atoms with E-state index in [2.05, 4.69) is 42.2 Å². The van der Waals surface area contributed by atoms with Gasteiger partial charge in [0.05, 0.1) is 5.69 Å². The fraction of sp³-hybridized carbons (Fsp3) is 0. The molecule has 0 aliphatic heterocycles. The highest BCUT2D eigenvalue weighted by molar-refractivity contribution is 9.11. The zero-order chi connectivity index (χ0) is 13.1. The van der Waals surface area contributed by atoms with Crippen LogP contribution in [0.2, 0.25) is 0 Å². The van der Waals surface area contributed by atoms with Gasteiger partial charge in [0, 0.05) is 26.8 Å². The number of pyridine rings is 1. The monoisotopic (exact) mass is 372 g/mol. The molecule has 0 unspecified atom stereocenters. The number of aromatic nitrogens is 1. The lowest BCUT2D eigenvalue weighted by Crippen LogP contribution is -2.13. The summed E-state index contributed by atoms with van der Waals surface area (Å²) in [6.07, 6.45) is 1.25. The van der Waals surface area contributed by atoms with Gasteiger partial charge in [-0.25, -0.2) is 4.98 Å². The number of anilines is 1. The number of carbonyl (C=O) groups is 1. The van der Waals surface area contributed by atoms with Gasteiger partial charge < -0.3 is 5.32 Å². The van der Waals surface area contributed by atoms with Gasteiger partial charge in [-0.1, -0.05) is 6.07 Å². The number of carbonyl (C=O) groups excluding carboxylic acids is 1. The van der Waals surface area contributed by atoms with Gasteiger partial charge >= 0.3 is 0 Å². The van der Waals surface area contributed by atoms with Gasteiger partial charge in [-0.3, -0.25) is 4.79 Å². The fourth-order valence-corrected chi connectivity index (χ4v) is 2.54. The number of halogens is 3. The molecule has 6 heteroatoms. The van der Waals surface area contributed by atoms with Crippen molar-refractivity contribution in [2.45, 2.75) is 0 Å². The molecule has 18 heavy (non-hydrogen) atoms. The Morgan fingerprint density at radius 2 is 1.89 bits per heavy atom. The maximum Gasteiger partial charge on any atom is 0.255 e. The quantitative estimate of drug-likeness (QED) is 0.808. The molecule has 1 amide bonds. The van der Waals surface area contributed by atoms with Crippen LogP contribution in [0.15, 0.2) is 45.5 Å². The molecule has 3 nitrogen and oxygen atoms in total. The van der Waals surface area contributed by atoms with Crippen LogP contribution in [-0.2, 0) is 0 Å². The van der Waals surface area contributed by atoms with Gasteiger partial charge in [0.1, 0.15) is 0 Å². The molecule has 1 N–H and O–H groups in total. The Balaban J connectivity index is 2.27. The summed E-state index contributed by atoms with van der Waals surface area (Å²) in [4.78, 5) is 15.3. The van der Waals surface area contributed by atoms with Crippen LogP contribution in [-0.4, -0.2) is 10.9 Å². The largest absolute Gasteiger partial charge is 0.320 e. The number of amides is 1. The molecule has 92 valence electrons.